The van der Waals surface area contributed by atoms with E-state index < -0.39 is 0 Å². The number of nitrogens with one attached hydrogen (secondary N) is 2. The lowest BCUT2D eigenvalue weighted by molar-refractivity contribution is -0.115. The van der Waals surface area contributed by atoms with Crippen LogP contribution in [0.2, 0.25) is 0 Å². The molecule has 0 saturated heterocycles. The molecule has 24 heavy (non-hydrogen) atoms. The Kier molecular flexibility index (Phi) is 7.25. The second kappa shape index (κ2) is 9.42. The minimum atomic E-state index is -0.0620. The summed E-state index contributed by atoms with van der Waals surface area (Å²) >= 11 is 0. The van der Waals surface area contributed by atoms with Crippen molar-refractivity contribution < 1.29 is 9.59 Å². The lowest BCUT2D eigenvalue weighted by Crippen LogP contribution is -2.37. The maximum Gasteiger partial charge on any atom is 0.253 e. The molecule has 132 valence electrons. The molecule has 0 atom stereocenters. The average Bonchev–Trinajstić information content (AvgIpc) is 2.62. The number of benzene rings is 1. The maximum atomic E-state index is 12.4. The highest BCUT2D eigenvalue weighted by atomic mass is 16.2. The Hall–Kier alpha value is -1.88. The lowest BCUT2D eigenvalue weighted by Gasteiger charge is -2.22. The number of rotatable bonds is 7. The van der Waals surface area contributed by atoms with E-state index in [1.165, 1.54) is 19.3 Å². The molecule has 0 unspecified atom stereocenters. The van der Waals surface area contributed by atoms with Crippen LogP contribution in [0.5, 0.6) is 0 Å². The second-order valence-corrected chi connectivity index (χ2v) is 6.32. The van der Waals surface area contributed by atoms with Crippen LogP contribution in [0.4, 0.5) is 5.69 Å². The fourth-order valence-corrected chi connectivity index (χ4v) is 3.17. The van der Waals surface area contributed by atoms with Crippen molar-refractivity contribution in [2.24, 2.45) is 0 Å². The van der Waals surface area contributed by atoms with Crippen LogP contribution in [0.1, 0.15) is 56.3 Å². The minimum Gasteiger partial charge on any atom is -0.339 e. The highest BCUT2D eigenvalue weighted by Crippen LogP contribution is 2.17. The summed E-state index contributed by atoms with van der Waals surface area (Å²) in [5.74, 6) is -0.0653. The zero-order valence-corrected chi connectivity index (χ0v) is 14.8. The van der Waals surface area contributed by atoms with Gasteiger partial charge in [0.15, 0.2) is 0 Å². The van der Waals surface area contributed by atoms with Gasteiger partial charge in [-0.25, -0.2) is 0 Å². The molecule has 5 nitrogen and oxygen atoms in total. The van der Waals surface area contributed by atoms with Crippen molar-refractivity contribution in [3.8, 4) is 0 Å². The summed E-state index contributed by atoms with van der Waals surface area (Å²) in [6.07, 6.45) is 6.10. The molecular formula is C19H29N3O2. The van der Waals surface area contributed by atoms with Gasteiger partial charge in [0, 0.05) is 30.4 Å². The summed E-state index contributed by atoms with van der Waals surface area (Å²) in [7, 11) is 0. The summed E-state index contributed by atoms with van der Waals surface area (Å²) in [4.78, 5) is 26.3. The van der Waals surface area contributed by atoms with Gasteiger partial charge in [-0.3, -0.25) is 9.59 Å². The van der Waals surface area contributed by atoms with Crippen molar-refractivity contribution in [3.63, 3.8) is 0 Å². The molecule has 1 aliphatic rings. The molecule has 0 aliphatic heterocycles. The van der Waals surface area contributed by atoms with Crippen LogP contribution in [0.15, 0.2) is 24.3 Å². The first-order valence-electron chi connectivity index (χ1n) is 9.06. The molecule has 1 aliphatic carbocycles. The van der Waals surface area contributed by atoms with Crippen LogP contribution in [-0.2, 0) is 4.79 Å². The zero-order chi connectivity index (χ0) is 17.4. The van der Waals surface area contributed by atoms with Gasteiger partial charge >= 0.3 is 0 Å². The Labute approximate surface area is 144 Å². The van der Waals surface area contributed by atoms with Crippen molar-refractivity contribution in [3.05, 3.63) is 29.8 Å². The molecule has 1 aromatic carbocycles. The molecule has 2 N–H and O–H groups in total. The van der Waals surface area contributed by atoms with Gasteiger partial charge in [0.2, 0.25) is 5.91 Å². The highest BCUT2D eigenvalue weighted by Gasteiger charge is 2.15. The molecule has 5 heteroatoms. The van der Waals surface area contributed by atoms with E-state index >= 15 is 0 Å². The maximum absolute atomic E-state index is 12.4. The number of hydrogen-bond donors (Lipinski definition) is 2. The number of hydrogen-bond acceptors (Lipinski definition) is 3. The van der Waals surface area contributed by atoms with Crippen molar-refractivity contribution in [2.45, 2.75) is 52.0 Å². The Morgan fingerprint density at radius 2 is 1.83 bits per heavy atom. The van der Waals surface area contributed by atoms with Crippen molar-refractivity contribution in [1.29, 1.82) is 0 Å². The third-order valence-corrected chi connectivity index (χ3v) is 4.60. The molecule has 0 aromatic heterocycles. The molecule has 0 radical (unpaired) electrons. The van der Waals surface area contributed by atoms with Crippen LogP contribution < -0.4 is 10.6 Å². The first-order chi connectivity index (χ1) is 11.6. The van der Waals surface area contributed by atoms with Gasteiger partial charge in [-0.05, 0) is 44.9 Å². The summed E-state index contributed by atoms with van der Waals surface area (Å²) in [5, 5.41) is 6.21. The number of anilines is 1. The van der Waals surface area contributed by atoms with Crippen molar-refractivity contribution in [2.75, 3.05) is 25.0 Å². The van der Waals surface area contributed by atoms with Gasteiger partial charge in [0.05, 0.1) is 6.54 Å². The zero-order valence-electron chi connectivity index (χ0n) is 14.8. The summed E-state index contributed by atoms with van der Waals surface area (Å²) in [6.45, 7) is 5.60. The third-order valence-electron chi connectivity index (χ3n) is 4.60. The Balaban J connectivity index is 1.88. The Bertz CT molecular complexity index is 549. The summed E-state index contributed by atoms with van der Waals surface area (Å²) in [6, 6.07) is 7.62. The minimum absolute atomic E-state index is 0.00331. The topological polar surface area (TPSA) is 61.4 Å². The standard InChI is InChI=1S/C19H29N3O2/c1-3-22(4-2)19(24)15-9-8-12-17(13-15)21-18(23)14-20-16-10-6-5-7-11-16/h8-9,12-13,16,20H,3-7,10-11,14H2,1-2H3,(H,21,23). The first-order valence-corrected chi connectivity index (χ1v) is 9.06. The van der Waals surface area contributed by atoms with Crippen LogP contribution in [0.25, 0.3) is 0 Å². The van der Waals surface area contributed by atoms with E-state index in [2.05, 4.69) is 10.6 Å². The molecule has 1 aromatic rings. The molecule has 0 bridgehead atoms. The van der Waals surface area contributed by atoms with E-state index in [1.54, 1.807) is 23.1 Å². The molecule has 1 fully saturated rings. The molecular weight excluding hydrogens is 302 g/mol. The highest BCUT2D eigenvalue weighted by molar-refractivity contribution is 5.97. The number of amides is 2. The summed E-state index contributed by atoms with van der Waals surface area (Å²) in [5.41, 5.74) is 1.28. The monoisotopic (exact) mass is 331 g/mol. The number of carbonyl (C=O) groups excluding carboxylic acids is 2. The van der Waals surface area contributed by atoms with Crippen LogP contribution in [-0.4, -0.2) is 42.4 Å². The van der Waals surface area contributed by atoms with E-state index in [1.807, 2.05) is 19.9 Å². The van der Waals surface area contributed by atoms with E-state index in [0.29, 0.717) is 36.9 Å². The Morgan fingerprint density at radius 1 is 1.12 bits per heavy atom. The first kappa shape index (κ1) is 18.5. The van der Waals surface area contributed by atoms with Crippen LogP contribution in [0.3, 0.4) is 0 Å². The Morgan fingerprint density at radius 3 is 2.50 bits per heavy atom. The van der Waals surface area contributed by atoms with E-state index in [4.69, 9.17) is 0 Å². The van der Waals surface area contributed by atoms with E-state index in [9.17, 15) is 9.59 Å². The number of nitrogens with zero attached hydrogens (tertiary/aromatic N) is 1. The van der Waals surface area contributed by atoms with Crippen LogP contribution >= 0.6 is 0 Å². The van der Waals surface area contributed by atoms with Gasteiger partial charge in [-0.15, -0.1) is 0 Å². The fourth-order valence-electron chi connectivity index (χ4n) is 3.17. The third kappa shape index (κ3) is 5.34. The molecule has 0 spiro atoms. The van der Waals surface area contributed by atoms with E-state index in [-0.39, 0.29) is 11.8 Å². The van der Waals surface area contributed by atoms with Gasteiger partial charge in [0.1, 0.15) is 0 Å². The normalized spacial score (nSPS) is 15.1. The van der Waals surface area contributed by atoms with Crippen molar-refractivity contribution >= 4 is 17.5 Å². The SMILES string of the molecule is CCN(CC)C(=O)c1cccc(NC(=O)CNC2CCCCC2)c1. The summed E-state index contributed by atoms with van der Waals surface area (Å²) < 4.78 is 0. The quantitative estimate of drug-likeness (QED) is 0.807. The lowest BCUT2D eigenvalue weighted by atomic mass is 9.95. The molecule has 2 amide bonds. The average molecular weight is 331 g/mol. The van der Waals surface area contributed by atoms with Gasteiger partial charge in [0.25, 0.3) is 5.91 Å². The van der Waals surface area contributed by atoms with Crippen molar-refractivity contribution in [1.82, 2.24) is 10.2 Å². The second-order valence-electron chi connectivity index (χ2n) is 6.32. The van der Waals surface area contributed by atoms with Gasteiger partial charge in [-0.1, -0.05) is 25.3 Å². The predicted octanol–water partition coefficient (Wildman–Crippen LogP) is 3.03. The molecule has 2 rings (SSSR count). The van der Waals surface area contributed by atoms with Crippen LogP contribution in [0, 0.1) is 0 Å². The fraction of sp³-hybridized carbons (Fsp3) is 0.579. The largest absolute Gasteiger partial charge is 0.339 e. The molecule has 0 heterocycles. The van der Waals surface area contributed by atoms with E-state index in [0.717, 1.165) is 12.8 Å². The number of carbonyl (C=O) groups is 2. The van der Waals surface area contributed by atoms with Gasteiger partial charge < -0.3 is 15.5 Å². The smallest absolute Gasteiger partial charge is 0.253 e. The predicted molar refractivity (Wildman–Crippen MR) is 97.2 cm³/mol. The molecule has 1 saturated carbocycles. The van der Waals surface area contributed by atoms with Gasteiger partial charge in [-0.2, -0.15) is 0 Å².